The average Bonchev–Trinajstić information content (AvgIpc) is 2.86. The van der Waals surface area contributed by atoms with Crippen molar-refractivity contribution in [3.8, 4) is 0 Å². The molecule has 2 fully saturated rings. The van der Waals surface area contributed by atoms with Gasteiger partial charge >= 0.3 is 12.0 Å². The van der Waals surface area contributed by atoms with E-state index in [1.807, 2.05) is 16.7 Å². The van der Waals surface area contributed by atoms with E-state index in [-0.39, 0.29) is 24.4 Å². The largest absolute Gasteiger partial charge is 0.481 e. The first-order valence-electron chi connectivity index (χ1n) is 7.99. The number of nitrogens with zero attached hydrogens (tertiary/aromatic N) is 1. The topological polar surface area (TPSA) is 69.6 Å². The maximum atomic E-state index is 12.4. The van der Waals surface area contributed by atoms with E-state index in [1.165, 1.54) is 12.8 Å². The normalized spacial score (nSPS) is 29.4. The summed E-state index contributed by atoms with van der Waals surface area (Å²) in [4.78, 5) is 25.0. The smallest absolute Gasteiger partial charge is 0.317 e. The molecule has 0 radical (unpaired) electrons. The van der Waals surface area contributed by atoms with E-state index in [0.29, 0.717) is 11.8 Å². The lowest BCUT2D eigenvalue weighted by Crippen LogP contribution is -2.50. The molecule has 1 aliphatic carbocycles. The van der Waals surface area contributed by atoms with Gasteiger partial charge in [-0.3, -0.25) is 4.79 Å². The highest BCUT2D eigenvalue weighted by atomic mass is 32.2. The molecule has 1 saturated heterocycles. The summed E-state index contributed by atoms with van der Waals surface area (Å²) in [5, 5.41) is 12.6. The molecule has 1 aliphatic heterocycles. The van der Waals surface area contributed by atoms with Gasteiger partial charge in [-0.2, -0.15) is 11.8 Å². The minimum absolute atomic E-state index is 0.00121. The highest BCUT2D eigenvalue weighted by Gasteiger charge is 2.31. The number of hydrogen-bond donors (Lipinski definition) is 2. The summed E-state index contributed by atoms with van der Waals surface area (Å²) in [6.45, 7) is 3.49. The first-order valence-corrected chi connectivity index (χ1v) is 9.03. The van der Waals surface area contributed by atoms with Crippen LogP contribution in [0.2, 0.25) is 0 Å². The third-order valence-electron chi connectivity index (χ3n) is 4.41. The van der Waals surface area contributed by atoms with Gasteiger partial charge in [0.15, 0.2) is 0 Å². The molecule has 1 saturated carbocycles. The van der Waals surface area contributed by atoms with E-state index >= 15 is 0 Å². The number of thioether (sulfide) groups is 1. The van der Waals surface area contributed by atoms with Crippen molar-refractivity contribution >= 4 is 23.8 Å². The molecular weight excluding hydrogens is 288 g/mol. The third-order valence-corrected chi connectivity index (χ3v) is 5.74. The van der Waals surface area contributed by atoms with Crippen LogP contribution in [-0.4, -0.2) is 52.1 Å². The molecule has 3 unspecified atom stereocenters. The molecule has 0 spiro atoms. The van der Waals surface area contributed by atoms with Crippen molar-refractivity contribution in [3.05, 3.63) is 0 Å². The molecule has 0 aromatic carbocycles. The van der Waals surface area contributed by atoms with Gasteiger partial charge in [0.2, 0.25) is 0 Å². The number of urea groups is 1. The molecule has 2 aliphatic rings. The molecule has 2 N–H and O–H groups in total. The van der Waals surface area contributed by atoms with Crippen LogP contribution in [0.15, 0.2) is 0 Å². The van der Waals surface area contributed by atoms with Crippen molar-refractivity contribution in [3.63, 3.8) is 0 Å². The van der Waals surface area contributed by atoms with Gasteiger partial charge in [-0.05, 0) is 37.4 Å². The Morgan fingerprint density at radius 1 is 1.29 bits per heavy atom. The Morgan fingerprint density at radius 2 is 2.10 bits per heavy atom. The number of carboxylic acid groups (broad SMARTS) is 1. The molecule has 2 rings (SSSR count). The van der Waals surface area contributed by atoms with Crippen LogP contribution >= 0.6 is 11.8 Å². The van der Waals surface area contributed by atoms with Gasteiger partial charge in [-0.1, -0.05) is 13.3 Å². The predicted octanol–water partition coefficient (Wildman–Crippen LogP) is 2.56. The van der Waals surface area contributed by atoms with Gasteiger partial charge in [-0.25, -0.2) is 4.79 Å². The quantitative estimate of drug-likeness (QED) is 0.818. The fourth-order valence-electron chi connectivity index (χ4n) is 3.42. The zero-order valence-electron chi connectivity index (χ0n) is 12.7. The summed E-state index contributed by atoms with van der Waals surface area (Å²) in [7, 11) is 0. The van der Waals surface area contributed by atoms with Crippen LogP contribution in [0.5, 0.6) is 0 Å². The number of rotatable bonds is 5. The first kappa shape index (κ1) is 16.5. The van der Waals surface area contributed by atoms with Crippen LogP contribution in [0.4, 0.5) is 4.79 Å². The van der Waals surface area contributed by atoms with Gasteiger partial charge in [0.05, 0.1) is 0 Å². The number of carbonyl (C=O) groups is 2. The lowest BCUT2D eigenvalue weighted by atomic mass is 9.95. The zero-order chi connectivity index (χ0) is 15.2. The zero-order valence-corrected chi connectivity index (χ0v) is 13.5. The van der Waals surface area contributed by atoms with Gasteiger partial charge in [-0.15, -0.1) is 0 Å². The summed E-state index contributed by atoms with van der Waals surface area (Å²) in [6.07, 6.45) is 5.42. The Bertz CT molecular complexity index is 378. The predicted molar refractivity (Wildman–Crippen MR) is 84.6 cm³/mol. The number of aliphatic carboxylic acids is 1. The Morgan fingerprint density at radius 3 is 2.81 bits per heavy atom. The lowest BCUT2D eigenvalue weighted by molar-refractivity contribution is -0.138. The minimum Gasteiger partial charge on any atom is -0.481 e. The fraction of sp³-hybridized carbons (Fsp3) is 0.867. The van der Waals surface area contributed by atoms with Crippen LogP contribution in [0, 0.1) is 5.92 Å². The Hall–Kier alpha value is -0.910. The maximum Gasteiger partial charge on any atom is 0.317 e. The molecule has 0 aromatic rings. The van der Waals surface area contributed by atoms with E-state index in [4.69, 9.17) is 5.11 Å². The molecule has 0 aromatic heterocycles. The van der Waals surface area contributed by atoms with Gasteiger partial charge in [0.25, 0.3) is 0 Å². The summed E-state index contributed by atoms with van der Waals surface area (Å²) in [6, 6.07) is 0.279. The molecule has 6 heteroatoms. The third kappa shape index (κ3) is 4.80. The number of amides is 2. The average molecular weight is 314 g/mol. The summed E-state index contributed by atoms with van der Waals surface area (Å²) >= 11 is 1.93. The van der Waals surface area contributed by atoms with Crippen LogP contribution in [0.1, 0.15) is 45.4 Å². The molecule has 5 nitrogen and oxygen atoms in total. The summed E-state index contributed by atoms with van der Waals surface area (Å²) in [5.41, 5.74) is 0. The second kappa shape index (κ2) is 7.92. The van der Waals surface area contributed by atoms with Gasteiger partial charge in [0.1, 0.15) is 0 Å². The van der Waals surface area contributed by atoms with Crippen molar-refractivity contribution < 1.29 is 14.7 Å². The highest BCUT2D eigenvalue weighted by molar-refractivity contribution is 7.99. The van der Waals surface area contributed by atoms with Gasteiger partial charge < -0.3 is 15.3 Å². The van der Waals surface area contributed by atoms with Crippen molar-refractivity contribution in [1.82, 2.24) is 10.2 Å². The monoisotopic (exact) mass is 314 g/mol. The molecule has 3 atom stereocenters. The number of carbonyl (C=O) groups excluding carboxylic acids is 1. The Balaban J connectivity index is 1.83. The molecule has 120 valence electrons. The standard InChI is InChI=1S/C15H26N2O3S/c1-2-21-13-7-3-6-12(13)16-15(20)17-8-4-5-11(10-17)9-14(18)19/h11-13H,2-10H2,1H3,(H,16,20)(H,18,19). The minimum atomic E-state index is -0.766. The molecular formula is C15H26N2O3S. The van der Waals surface area contributed by atoms with Crippen molar-refractivity contribution in [2.45, 2.75) is 56.7 Å². The maximum absolute atomic E-state index is 12.4. The van der Waals surface area contributed by atoms with Crippen LogP contribution in [0.25, 0.3) is 0 Å². The van der Waals surface area contributed by atoms with Crippen molar-refractivity contribution in [2.75, 3.05) is 18.8 Å². The van der Waals surface area contributed by atoms with E-state index in [1.54, 1.807) is 0 Å². The molecule has 21 heavy (non-hydrogen) atoms. The highest BCUT2D eigenvalue weighted by Crippen LogP contribution is 2.30. The number of carboxylic acids is 1. The summed E-state index contributed by atoms with van der Waals surface area (Å²) < 4.78 is 0. The number of nitrogens with one attached hydrogen (secondary N) is 1. The fourth-order valence-corrected chi connectivity index (χ4v) is 4.62. The van der Waals surface area contributed by atoms with Gasteiger partial charge in [0, 0.05) is 30.8 Å². The van der Waals surface area contributed by atoms with Crippen molar-refractivity contribution in [2.24, 2.45) is 5.92 Å². The van der Waals surface area contributed by atoms with Crippen LogP contribution < -0.4 is 5.32 Å². The van der Waals surface area contributed by atoms with Crippen LogP contribution in [-0.2, 0) is 4.79 Å². The van der Waals surface area contributed by atoms with E-state index < -0.39 is 5.97 Å². The molecule has 0 bridgehead atoms. The van der Waals surface area contributed by atoms with E-state index in [2.05, 4.69) is 12.2 Å². The second-order valence-corrected chi connectivity index (χ2v) is 7.55. The Kier molecular flexibility index (Phi) is 6.21. The second-order valence-electron chi connectivity index (χ2n) is 6.03. The van der Waals surface area contributed by atoms with Crippen molar-refractivity contribution in [1.29, 1.82) is 0 Å². The summed E-state index contributed by atoms with van der Waals surface area (Å²) in [5.74, 6) is 0.422. The lowest BCUT2D eigenvalue weighted by Gasteiger charge is -2.33. The number of piperidine rings is 1. The van der Waals surface area contributed by atoms with E-state index in [9.17, 15) is 9.59 Å². The molecule has 2 amide bonds. The van der Waals surface area contributed by atoms with E-state index in [0.717, 1.165) is 31.6 Å². The van der Waals surface area contributed by atoms with Crippen LogP contribution in [0.3, 0.4) is 0 Å². The molecule has 1 heterocycles. The number of likely N-dealkylation sites (tertiary alicyclic amines) is 1. The first-order chi connectivity index (χ1) is 10.1. The Labute approximate surface area is 130 Å². The SMILES string of the molecule is CCSC1CCCC1NC(=O)N1CCCC(CC(=O)O)C1. The number of hydrogen-bond acceptors (Lipinski definition) is 3.